The zero-order valence-corrected chi connectivity index (χ0v) is 16.1. The van der Waals surface area contributed by atoms with Crippen molar-refractivity contribution in [3.05, 3.63) is 78.1 Å². The Kier molecular flexibility index (Phi) is 6.11. The van der Waals surface area contributed by atoms with E-state index in [1.807, 2.05) is 61.7 Å². The molecule has 1 N–H and O–H groups in total. The number of ether oxygens (including phenoxy) is 2. The van der Waals surface area contributed by atoms with E-state index in [2.05, 4.69) is 10.4 Å². The Balaban J connectivity index is 1.66. The van der Waals surface area contributed by atoms with Gasteiger partial charge in [0.1, 0.15) is 11.5 Å². The van der Waals surface area contributed by atoms with Crippen molar-refractivity contribution in [1.82, 2.24) is 15.1 Å². The first-order chi connectivity index (χ1) is 13.6. The number of amides is 1. The van der Waals surface area contributed by atoms with Crippen LogP contribution < -0.4 is 14.8 Å². The number of methoxy groups -OCH3 is 2. The maximum atomic E-state index is 12.3. The van der Waals surface area contributed by atoms with E-state index in [0.717, 1.165) is 16.8 Å². The topological polar surface area (TPSA) is 65.4 Å². The minimum Gasteiger partial charge on any atom is -0.497 e. The maximum absolute atomic E-state index is 12.3. The number of rotatable bonds is 7. The van der Waals surface area contributed by atoms with Crippen molar-refractivity contribution in [2.75, 3.05) is 14.2 Å². The third-order valence-electron chi connectivity index (χ3n) is 4.31. The van der Waals surface area contributed by atoms with Gasteiger partial charge < -0.3 is 14.8 Å². The third-order valence-corrected chi connectivity index (χ3v) is 4.31. The van der Waals surface area contributed by atoms with Crippen LogP contribution in [0.25, 0.3) is 11.8 Å². The summed E-state index contributed by atoms with van der Waals surface area (Å²) in [4.78, 5) is 12.3. The van der Waals surface area contributed by atoms with Gasteiger partial charge >= 0.3 is 0 Å². The van der Waals surface area contributed by atoms with Gasteiger partial charge in [-0.2, -0.15) is 5.10 Å². The van der Waals surface area contributed by atoms with E-state index in [9.17, 15) is 4.79 Å². The van der Waals surface area contributed by atoms with Crippen LogP contribution >= 0.6 is 0 Å². The Bertz CT molecular complexity index is 964. The van der Waals surface area contributed by atoms with Crippen LogP contribution in [-0.4, -0.2) is 29.9 Å². The molecule has 0 aliphatic heterocycles. The number of carbonyl (C=O) groups is 1. The lowest BCUT2D eigenvalue weighted by Gasteiger charge is -2.17. The number of hydrogen-bond acceptors (Lipinski definition) is 4. The first kappa shape index (κ1) is 19.2. The molecule has 0 unspecified atom stereocenters. The molecule has 0 bridgehead atoms. The van der Waals surface area contributed by atoms with Gasteiger partial charge in [0.2, 0.25) is 5.91 Å². The highest BCUT2D eigenvalue weighted by Crippen LogP contribution is 2.29. The molecule has 2 aromatic carbocycles. The van der Waals surface area contributed by atoms with Crippen molar-refractivity contribution in [2.45, 2.75) is 13.0 Å². The van der Waals surface area contributed by atoms with Crippen molar-refractivity contribution in [2.24, 2.45) is 0 Å². The molecular weight excluding hydrogens is 354 g/mol. The first-order valence-corrected chi connectivity index (χ1v) is 8.91. The number of nitrogens with one attached hydrogen (secondary N) is 1. The number of nitrogens with zero attached hydrogens (tertiary/aromatic N) is 2. The maximum Gasteiger partial charge on any atom is 0.244 e. The summed E-state index contributed by atoms with van der Waals surface area (Å²) in [6.45, 7) is 1.90. The Morgan fingerprint density at radius 2 is 1.93 bits per heavy atom. The molecule has 0 spiro atoms. The van der Waals surface area contributed by atoms with Crippen LogP contribution in [0.4, 0.5) is 0 Å². The van der Waals surface area contributed by atoms with Gasteiger partial charge in [0.05, 0.1) is 32.1 Å². The molecular formula is C22H23N3O3. The molecule has 1 heterocycles. The van der Waals surface area contributed by atoms with Gasteiger partial charge in [0.25, 0.3) is 0 Å². The standard InChI is InChI=1S/C22H23N3O3/c1-16(20-13-19(27-2)10-11-21(20)28-3)24-22(26)12-9-17-14-23-25(15-17)18-7-5-4-6-8-18/h4-16H,1-3H3,(H,24,26)/b12-9+/t16-/m0/s1. The predicted molar refractivity (Wildman–Crippen MR) is 109 cm³/mol. The zero-order valence-electron chi connectivity index (χ0n) is 16.1. The monoisotopic (exact) mass is 377 g/mol. The Morgan fingerprint density at radius 3 is 2.64 bits per heavy atom. The summed E-state index contributed by atoms with van der Waals surface area (Å²) in [5, 5.41) is 7.26. The number of carbonyl (C=O) groups excluding carboxylic acids is 1. The molecule has 0 aliphatic rings. The highest BCUT2D eigenvalue weighted by molar-refractivity contribution is 5.92. The molecule has 1 amide bonds. The van der Waals surface area contributed by atoms with E-state index in [1.165, 1.54) is 6.08 Å². The molecule has 3 rings (SSSR count). The Morgan fingerprint density at radius 1 is 1.14 bits per heavy atom. The zero-order chi connectivity index (χ0) is 19.9. The number of benzene rings is 2. The van der Waals surface area contributed by atoms with Crippen molar-refractivity contribution >= 4 is 12.0 Å². The Labute approximate surface area is 164 Å². The van der Waals surface area contributed by atoms with E-state index >= 15 is 0 Å². The van der Waals surface area contributed by atoms with Crippen LogP contribution in [0.3, 0.4) is 0 Å². The van der Waals surface area contributed by atoms with E-state index < -0.39 is 0 Å². The lowest BCUT2D eigenvalue weighted by atomic mass is 10.1. The van der Waals surface area contributed by atoms with Gasteiger partial charge in [0, 0.05) is 23.4 Å². The van der Waals surface area contributed by atoms with E-state index in [1.54, 1.807) is 31.2 Å². The van der Waals surface area contributed by atoms with E-state index in [0.29, 0.717) is 11.5 Å². The lowest BCUT2D eigenvalue weighted by Crippen LogP contribution is -2.25. The summed E-state index contributed by atoms with van der Waals surface area (Å²) in [5.74, 6) is 1.20. The molecule has 6 heteroatoms. The fourth-order valence-electron chi connectivity index (χ4n) is 2.83. The first-order valence-electron chi connectivity index (χ1n) is 8.91. The molecule has 28 heavy (non-hydrogen) atoms. The minimum absolute atomic E-state index is 0.204. The summed E-state index contributed by atoms with van der Waals surface area (Å²) < 4.78 is 12.4. The SMILES string of the molecule is COc1ccc(OC)c([C@H](C)NC(=O)/C=C/c2cnn(-c3ccccc3)c2)c1. The molecule has 1 aromatic heterocycles. The van der Waals surface area contributed by atoms with Crippen molar-refractivity contribution in [3.63, 3.8) is 0 Å². The van der Waals surface area contributed by atoms with Gasteiger partial charge in [-0.1, -0.05) is 18.2 Å². The highest BCUT2D eigenvalue weighted by Gasteiger charge is 2.14. The molecule has 0 aliphatic carbocycles. The Hall–Kier alpha value is -3.54. The fourth-order valence-corrected chi connectivity index (χ4v) is 2.83. The molecule has 0 fully saturated rings. The van der Waals surface area contributed by atoms with E-state index in [4.69, 9.17) is 9.47 Å². The quantitative estimate of drug-likeness (QED) is 0.637. The van der Waals surface area contributed by atoms with Crippen LogP contribution in [0.15, 0.2) is 67.0 Å². The summed E-state index contributed by atoms with van der Waals surface area (Å²) in [7, 11) is 3.21. The molecule has 1 atom stereocenters. The van der Waals surface area contributed by atoms with Gasteiger partial charge in [-0.05, 0) is 43.3 Å². The fraction of sp³-hybridized carbons (Fsp3) is 0.182. The van der Waals surface area contributed by atoms with Gasteiger partial charge in [-0.3, -0.25) is 4.79 Å². The highest BCUT2D eigenvalue weighted by atomic mass is 16.5. The molecule has 6 nitrogen and oxygen atoms in total. The lowest BCUT2D eigenvalue weighted by molar-refractivity contribution is -0.117. The van der Waals surface area contributed by atoms with Crippen LogP contribution in [0, 0.1) is 0 Å². The molecule has 0 saturated carbocycles. The minimum atomic E-state index is -0.241. The summed E-state index contributed by atoms with van der Waals surface area (Å²) in [6, 6.07) is 15.1. The van der Waals surface area contributed by atoms with Crippen LogP contribution in [-0.2, 0) is 4.79 Å². The molecule has 0 saturated heterocycles. The average molecular weight is 377 g/mol. The predicted octanol–water partition coefficient (Wildman–Crippen LogP) is 3.78. The van der Waals surface area contributed by atoms with Crippen molar-refractivity contribution in [1.29, 1.82) is 0 Å². The van der Waals surface area contributed by atoms with Crippen molar-refractivity contribution < 1.29 is 14.3 Å². The van der Waals surface area contributed by atoms with Gasteiger partial charge in [-0.15, -0.1) is 0 Å². The molecule has 0 radical (unpaired) electrons. The smallest absolute Gasteiger partial charge is 0.244 e. The normalized spacial score (nSPS) is 12.0. The number of hydrogen-bond donors (Lipinski definition) is 1. The number of aromatic nitrogens is 2. The van der Waals surface area contributed by atoms with Crippen molar-refractivity contribution in [3.8, 4) is 17.2 Å². The van der Waals surface area contributed by atoms with Crippen LogP contribution in [0.1, 0.15) is 24.1 Å². The number of para-hydroxylation sites is 1. The summed E-state index contributed by atoms with van der Waals surface area (Å²) in [5.41, 5.74) is 2.65. The van der Waals surface area contributed by atoms with E-state index in [-0.39, 0.29) is 11.9 Å². The largest absolute Gasteiger partial charge is 0.497 e. The average Bonchev–Trinajstić information content (AvgIpc) is 3.21. The van der Waals surface area contributed by atoms with Crippen LogP contribution in [0.5, 0.6) is 11.5 Å². The summed E-state index contributed by atoms with van der Waals surface area (Å²) in [6.07, 6.45) is 6.81. The summed E-state index contributed by atoms with van der Waals surface area (Å²) >= 11 is 0. The van der Waals surface area contributed by atoms with Gasteiger partial charge in [-0.25, -0.2) is 4.68 Å². The second-order valence-electron chi connectivity index (χ2n) is 6.23. The third kappa shape index (κ3) is 4.59. The van der Waals surface area contributed by atoms with Crippen LogP contribution in [0.2, 0.25) is 0 Å². The van der Waals surface area contributed by atoms with Gasteiger partial charge in [0.15, 0.2) is 0 Å². The molecule has 3 aromatic rings. The second kappa shape index (κ2) is 8.90. The second-order valence-corrected chi connectivity index (χ2v) is 6.23. The molecule has 144 valence electrons.